The average molecular weight is 209 g/mol. The van der Waals surface area contributed by atoms with Crippen LogP contribution < -0.4 is 5.73 Å². The first-order valence-electron chi connectivity index (χ1n) is 4.59. The molecule has 0 aliphatic carbocycles. The van der Waals surface area contributed by atoms with Crippen LogP contribution in [0.5, 0.6) is 0 Å². The van der Waals surface area contributed by atoms with Crippen molar-refractivity contribution in [2.45, 2.75) is 12.1 Å². The predicted molar refractivity (Wildman–Crippen MR) is 56.1 cm³/mol. The van der Waals surface area contributed by atoms with E-state index in [1.165, 1.54) is 14.2 Å². The zero-order valence-electron chi connectivity index (χ0n) is 8.90. The van der Waals surface area contributed by atoms with Crippen molar-refractivity contribution in [1.29, 1.82) is 0 Å². The second kappa shape index (κ2) is 4.91. The molecule has 0 saturated carbocycles. The standard InChI is InChI=1S/C11H15NO3/c1-14-10(13)11(12,15-2)8-9-6-4-3-5-7-9/h3-7H,8,12H2,1-2H3. The minimum Gasteiger partial charge on any atom is -0.466 e. The van der Waals surface area contributed by atoms with Crippen LogP contribution in [0.3, 0.4) is 0 Å². The van der Waals surface area contributed by atoms with Crippen LogP contribution >= 0.6 is 0 Å². The highest BCUT2D eigenvalue weighted by molar-refractivity contribution is 5.79. The number of rotatable bonds is 4. The van der Waals surface area contributed by atoms with Gasteiger partial charge in [-0.2, -0.15) is 0 Å². The summed E-state index contributed by atoms with van der Waals surface area (Å²) in [5, 5.41) is 0. The summed E-state index contributed by atoms with van der Waals surface area (Å²) >= 11 is 0. The number of carbonyl (C=O) groups excluding carboxylic acids is 1. The maximum Gasteiger partial charge on any atom is 0.353 e. The Bertz CT molecular complexity index is 326. The lowest BCUT2D eigenvalue weighted by Gasteiger charge is -2.24. The Morgan fingerprint density at radius 2 is 1.93 bits per heavy atom. The molecule has 82 valence electrons. The first kappa shape index (κ1) is 11.7. The molecule has 2 N–H and O–H groups in total. The Balaban J connectivity index is 2.81. The van der Waals surface area contributed by atoms with Crippen molar-refractivity contribution in [2.24, 2.45) is 5.73 Å². The first-order chi connectivity index (χ1) is 7.12. The van der Waals surface area contributed by atoms with Crippen molar-refractivity contribution in [3.8, 4) is 0 Å². The number of ether oxygens (including phenoxy) is 2. The van der Waals surface area contributed by atoms with Crippen LogP contribution in [0.15, 0.2) is 30.3 Å². The van der Waals surface area contributed by atoms with E-state index in [1.54, 1.807) is 0 Å². The highest BCUT2D eigenvalue weighted by Crippen LogP contribution is 2.13. The van der Waals surface area contributed by atoms with Crippen molar-refractivity contribution < 1.29 is 14.3 Å². The van der Waals surface area contributed by atoms with Crippen LogP contribution in [0.2, 0.25) is 0 Å². The molecule has 1 rings (SSSR count). The van der Waals surface area contributed by atoms with Gasteiger partial charge >= 0.3 is 5.97 Å². The van der Waals surface area contributed by atoms with Crippen LogP contribution in [0, 0.1) is 0 Å². The molecule has 0 aliphatic heterocycles. The molecule has 1 atom stereocenters. The lowest BCUT2D eigenvalue weighted by Crippen LogP contribution is -2.52. The van der Waals surface area contributed by atoms with Gasteiger partial charge in [-0.15, -0.1) is 0 Å². The van der Waals surface area contributed by atoms with Gasteiger partial charge in [0.1, 0.15) is 0 Å². The van der Waals surface area contributed by atoms with E-state index in [0.29, 0.717) is 0 Å². The Morgan fingerprint density at radius 1 is 1.33 bits per heavy atom. The third-order valence-corrected chi connectivity index (χ3v) is 2.20. The maximum atomic E-state index is 11.4. The molecule has 0 saturated heterocycles. The van der Waals surface area contributed by atoms with Gasteiger partial charge < -0.3 is 9.47 Å². The first-order valence-corrected chi connectivity index (χ1v) is 4.59. The molecule has 1 unspecified atom stereocenters. The quantitative estimate of drug-likeness (QED) is 0.586. The number of esters is 1. The monoisotopic (exact) mass is 209 g/mol. The average Bonchev–Trinajstić information content (AvgIpc) is 2.29. The summed E-state index contributed by atoms with van der Waals surface area (Å²) < 4.78 is 9.59. The van der Waals surface area contributed by atoms with E-state index < -0.39 is 11.7 Å². The minimum atomic E-state index is -1.41. The van der Waals surface area contributed by atoms with Gasteiger partial charge in [-0.1, -0.05) is 30.3 Å². The summed E-state index contributed by atoms with van der Waals surface area (Å²) in [7, 11) is 2.67. The SMILES string of the molecule is COC(=O)C(N)(Cc1ccccc1)OC. The molecule has 0 spiro atoms. The second-order valence-electron chi connectivity index (χ2n) is 3.25. The Labute approximate surface area is 89.0 Å². The summed E-state index contributed by atoms with van der Waals surface area (Å²) in [4.78, 5) is 11.4. The van der Waals surface area contributed by atoms with Crippen LogP contribution in [0.4, 0.5) is 0 Å². The van der Waals surface area contributed by atoms with Gasteiger partial charge in [-0.05, 0) is 5.56 Å². The highest BCUT2D eigenvalue weighted by atomic mass is 16.6. The van der Waals surface area contributed by atoms with Crippen molar-refractivity contribution in [3.63, 3.8) is 0 Å². The molecule has 0 amide bonds. The summed E-state index contributed by atoms with van der Waals surface area (Å²) in [5.41, 5.74) is 5.30. The molecule has 4 heteroatoms. The maximum absolute atomic E-state index is 11.4. The molecular weight excluding hydrogens is 194 g/mol. The molecule has 1 aromatic rings. The van der Waals surface area contributed by atoms with Crippen LogP contribution in [0.1, 0.15) is 5.56 Å². The van der Waals surface area contributed by atoms with Crippen molar-refractivity contribution in [3.05, 3.63) is 35.9 Å². The molecular formula is C11H15NO3. The third-order valence-electron chi connectivity index (χ3n) is 2.20. The Hall–Kier alpha value is -1.39. The highest BCUT2D eigenvalue weighted by Gasteiger charge is 2.35. The number of carbonyl (C=O) groups is 1. The smallest absolute Gasteiger partial charge is 0.353 e. The molecule has 0 bridgehead atoms. The molecule has 15 heavy (non-hydrogen) atoms. The van der Waals surface area contributed by atoms with E-state index >= 15 is 0 Å². The third kappa shape index (κ3) is 2.78. The largest absolute Gasteiger partial charge is 0.466 e. The van der Waals surface area contributed by atoms with E-state index in [-0.39, 0.29) is 6.42 Å². The van der Waals surface area contributed by atoms with Crippen LogP contribution in [-0.2, 0) is 20.7 Å². The van der Waals surface area contributed by atoms with E-state index in [9.17, 15) is 4.79 Å². The van der Waals surface area contributed by atoms with Crippen molar-refractivity contribution in [2.75, 3.05) is 14.2 Å². The summed E-state index contributed by atoms with van der Waals surface area (Å²) in [6.07, 6.45) is 0.289. The Morgan fingerprint density at radius 3 is 2.40 bits per heavy atom. The topological polar surface area (TPSA) is 61.5 Å². The van der Waals surface area contributed by atoms with Gasteiger partial charge in [0.2, 0.25) is 5.72 Å². The fourth-order valence-electron chi connectivity index (χ4n) is 1.30. The number of hydrogen-bond acceptors (Lipinski definition) is 4. The summed E-state index contributed by atoms with van der Waals surface area (Å²) in [6, 6.07) is 9.41. The zero-order valence-corrected chi connectivity index (χ0v) is 8.90. The fraction of sp³-hybridized carbons (Fsp3) is 0.364. The van der Waals surface area contributed by atoms with Gasteiger partial charge in [0, 0.05) is 13.5 Å². The van der Waals surface area contributed by atoms with E-state index in [0.717, 1.165) is 5.56 Å². The van der Waals surface area contributed by atoms with Gasteiger partial charge in [0.15, 0.2) is 0 Å². The van der Waals surface area contributed by atoms with Gasteiger partial charge in [0.25, 0.3) is 0 Å². The minimum absolute atomic E-state index is 0.289. The van der Waals surface area contributed by atoms with Gasteiger partial charge in [-0.3, -0.25) is 5.73 Å². The second-order valence-corrected chi connectivity index (χ2v) is 3.25. The van der Waals surface area contributed by atoms with E-state index in [4.69, 9.17) is 10.5 Å². The van der Waals surface area contributed by atoms with Crippen LogP contribution in [0.25, 0.3) is 0 Å². The number of nitrogens with two attached hydrogens (primary N) is 1. The number of methoxy groups -OCH3 is 2. The zero-order chi connectivity index (χ0) is 11.3. The summed E-state index contributed by atoms with van der Waals surface area (Å²) in [6.45, 7) is 0. The van der Waals surface area contributed by atoms with E-state index in [1.807, 2.05) is 30.3 Å². The van der Waals surface area contributed by atoms with Gasteiger partial charge in [-0.25, -0.2) is 4.79 Å². The molecule has 0 fully saturated rings. The molecule has 0 aliphatic rings. The lowest BCUT2D eigenvalue weighted by molar-refractivity contribution is -0.165. The number of hydrogen-bond donors (Lipinski definition) is 1. The Kier molecular flexibility index (Phi) is 3.82. The molecule has 0 aromatic heterocycles. The molecule has 0 radical (unpaired) electrons. The van der Waals surface area contributed by atoms with Crippen LogP contribution in [-0.4, -0.2) is 25.9 Å². The lowest BCUT2D eigenvalue weighted by atomic mass is 10.0. The van der Waals surface area contributed by atoms with E-state index in [2.05, 4.69) is 4.74 Å². The molecule has 4 nitrogen and oxygen atoms in total. The van der Waals surface area contributed by atoms with Crippen molar-refractivity contribution in [1.82, 2.24) is 0 Å². The predicted octanol–water partition coefficient (Wildman–Crippen LogP) is 0.703. The normalized spacial score (nSPS) is 14.3. The molecule has 1 aromatic carbocycles. The van der Waals surface area contributed by atoms with Crippen molar-refractivity contribution >= 4 is 5.97 Å². The number of benzene rings is 1. The fourth-order valence-corrected chi connectivity index (χ4v) is 1.30. The van der Waals surface area contributed by atoms with Gasteiger partial charge in [0.05, 0.1) is 7.11 Å². The molecule has 0 heterocycles. The summed E-state index contributed by atoms with van der Waals surface area (Å²) in [5.74, 6) is -0.575.